The molecule has 8 rings (SSSR count). The highest BCUT2D eigenvalue weighted by atomic mass is 15.3. The second kappa shape index (κ2) is 9.81. The van der Waals surface area contributed by atoms with E-state index in [2.05, 4.69) is 15.5 Å². The van der Waals surface area contributed by atoms with Gasteiger partial charge in [-0.15, -0.1) is 0 Å². The summed E-state index contributed by atoms with van der Waals surface area (Å²) in [6.45, 7) is 1.33. The van der Waals surface area contributed by atoms with Crippen LogP contribution in [0.1, 0.15) is 122 Å². The molecule has 0 aromatic carbocycles. The molecule has 0 radical (unpaired) electrons. The summed E-state index contributed by atoms with van der Waals surface area (Å²) in [7, 11) is 0. The fourth-order valence-corrected chi connectivity index (χ4v) is 12.5. The molecule has 5 aliphatic carbocycles. The Morgan fingerprint density at radius 2 is 1.25 bits per heavy atom. The van der Waals surface area contributed by atoms with E-state index < -0.39 is 0 Å². The summed E-state index contributed by atoms with van der Waals surface area (Å²) in [6.07, 6.45) is 29.0. The van der Waals surface area contributed by atoms with Gasteiger partial charge in [0.2, 0.25) is 0 Å². The SMILES string of the molecule is C1CCC2CC(N3C4CCCCC4C4CCCC(C5CNC6C(C5)NC5CCCCC56)C43)CCC2C1. The lowest BCUT2D eigenvalue weighted by Gasteiger charge is -2.51. The van der Waals surface area contributed by atoms with Crippen LogP contribution in [0.2, 0.25) is 0 Å². The van der Waals surface area contributed by atoms with Gasteiger partial charge in [-0.1, -0.05) is 57.8 Å². The molecule has 3 heteroatoms. The maximum absolute atomic E-state index is 4.22. The van der Waals surface area contributed by atoms with Gasteiger partial charge in [0.05, 0.1) is 0 Å². The van der Waals surface area contributed by atoms with Gasteiger partial charge < -0.3 is 10.6 Å². The smallest absolute Gasteiger partial charge is 0.0264 e. The van der Waals surface area contributed by atoms with E-state index >= 15 is 0 Å². The maximum atomic E-state index is 4.22. The van der Waals surface area contributed by atoms with Gasteiger partial charge in [-0.3, -0.25) is 4.90 Å². The van der Waals surface area contributed by atoms with Crippen molar-refractivity contribution in [3.63, 3.8) is 0 Å². The zero-order chi connectivity index (χ0) is 23.6. The molecule has 0 spiro atoms. The number of rotatable bonds is 2. The standard InChI is InChI=1S/C33H55N3/c1-2-9-22-18-24(17-16-21(22)8-1)36-31-15-6-4-10-26(31)27-13-7-12-25(33(27)36)23-19-30-32(34-20-23)28-11-3-5-14-29(28)35-30/h21-35H,1-20H2. The molecular weight excluding hydrogens is 438 g/mol. The van der Waals surface area contributed by atoms with E-state index in [4.69, 9.17) is 0 Å². The van der Waals surface area contributed by atoms with Crippen molar-refractivity contribution in [2.75, 3.05) is 6.54 Å². The molecule has 202 valence electrons. The van der Waals surface area contributed by atoms with Crippen LogP contribution < -0.4 is 10.6 Å². The van der Waals surface area contributed by atoms with Crippen LogP contribution >= 0.6 is 0 Å². The van der Waals surface area contributed by atoms with Crippen LogP contribution in [0.5, 0.6) is 0 Å². The monoisotopic (exact) mass is 493 g/mol. The highest BCUT2D eigenvalue weighted by Gasteiger charge is 2.57. The van der Waals surface area contributed by atoms with Crippen LogP contribution in [0, 0.1) is 41.4 Å². The van der Waals surface area contributed by atoms with Gasteiger partial charge in [0, 0.05) is 36.3 Å². The van der Waals surface area contributed by atoms with Crippen LogP contribution in [0.25, 0.3) is 0 Å². The number of hydrogen-bond donors (Lipinski definition) is 2. The highest BCUT2D eigenvalue weighted by Crippen LogP contribution is 2.56. The molecule has 0 aromatic heterocycles. The Morgan fingerprint density at radius 1 is 0.500 bits per heavy atom. The van der Waals surface area contributed by atoms with E-state index in [1.807, 2.05) is 0 Å². The van der Waals surface area contributed by atoms with Gasteiger partial charge in [-0.25, -0.2) is 0 Å². The molecule has 36 heavy (non-hydrogen) atoms. The van der Waals surface area contributed by atoms with Gasteiger partial charge in [0.15, 0.2) is 0 Å². The third-order valence-corrected chi connectivity index (χ3v) is 13.9. The first-order valence-electron chi connectivity index (χ1n) is 17.1. The van der Waals surface area contributed by atoms with Crippen molar-refractivity contribution >= 4 is 0 Å². The molecule has 0 bridgehead atoms. The van der Waals surface area contributed by atoms with Crippen molar-refractivity contribution in [3.05, 3.63) is 0 Å². The minimum atomic E-state index is 0.770. The van der Waals surface area contributed by atoms with E-state index in [1.165, 1.54) is 83.6 Å². The Kier molecular flexibility index (Phi) is 6.47. The van der Waals surface area contributed by atoms with Gasteiger partial charge in [0.1, 0.15) is 0 Å². The molecule has 0 amide bonds. The van der Waals surface area contributed by atoms with Gasteiger partial charge in [0.25, 0.3) is 0 Å². The van der Waals surface area contributed by atoms with E-state index in [-0.39, 0.29) is 0 Å². The number of nitrogens with one attached hydrogen (secondary N) is 2. The Balaban J connectivity index is 1.05. The van der Waals surface area contributed by atoms with E-state index in [0.717, 1.165) is 77.7 Å². The molecule has 3 heterocycles. The molecule has 13 atom stereocenters. The number of likely N-dealkylation sites (tertiary alicyclic amines) is 1. The van der Waals surface area contributed by atoms with Crippen molar-refractivity contribution in [3.8, 4) is 0 Å². The Bertz CT molecular complexity index is 783. The predicted molar refractivity (Wildman–Crippen MR) is 148 cm³/mol. The van der Waals surface area contributed by atoms with Gasteiger partial charge >= 0.3 is 0 Å². The number of hydrogen-bond acceptors (Lipinski definition) is 3. The van der Waals surface area contributed by atoms with Crippen LogP contribution in [0.3, 0.4) is 0 Å². The van der Waals surface area contributed by atoms with Crippen molar-refractivity contribution in [1.29, 1.82) is 0 Å². The second-order valence-corrected chi connectivity index (χ2v) is 15.2. The van der Waals surface area contributed by atoms with Crippen molar-refractivity contribution in [2.24, 2.45) is 41.4 Å². The minimum Gasteiger partial charge on any atom is -0.312 e. The summed E-state index contributed by atoms with van der Waals surface area (Å²) in [6, 6.07) is 5.21. The minimum absolute atomic E-state index is 0.770. The third kappa shape index (κ3) is 3.90. The average molecular weight is 494 g/mol. The quantitative estimate of drug-likeness (QED) is 0.459. The highest BCUT2D eigenvalue weighted by molar-refractivity contribution is 5.12. The Labute approximate surface area is 221 Å². The maximum Gasteiger partial charge on any atom is 0.0264 e. The van der Waals surface area contributed by atoms with Crippen molar-refractivity contribution < 1.29 is 0 Å². The number of piperidine rings is 1. The second-order valence-electron chi connectivity index (χ2n) is 15.2. The number of fused-ring (bicyclic) bond motifs is 7. The first-order chi connectivity index (χ1) is 17.8. The number of nitrogens with zero attached hydrogens (tertiary/aromatic N) is 1. The molecule has 13 unspecified atom stereocenters. The zero-order valence-corrected chi connectivity index (χ0v) is 23.1. The van der Waals surface area contributed by atoms with E-state index in [0.29, 0.717) is 0 Å². The molecule has 0 aromatic rings. The predicted octanol–water partition coefficient (Wildman–Crippen LogP) is 6.51. The van der Waals surface area contributed by atoms with Gasteiger partial charge in [-0.05, 0) is 112 Å². The molecule has 3 saturated heterocycles. The molecule has 2 N–H and O–H groups in total. The summed E-state index contributed by atoms with van der Waals surface area (Å²) < 4.78 is 0. The summed E-state index contributed by atoms with van der Waals surface area (Å²) in [4.78, 5) is 3.34. The first kappa shape index (κ1) is 23.7. The molecule has 3 aliphatic heterocycles. The van der Waals surface area contributed by atoms with Crippen molar-refractivity contribution in [1.82, 2.24) is 15.5 Å². The van der Waals surface area contributed by atoms with Crippen molar-refractivity contribution in [2.45, 2.75) is 158 Å². The molecular formula is C33H55N3. The van der Waals surface area contributed by atoms with Gasteiger partial charge in [-0.2, -0.15) is 0 Å². The lowest BCUT2D eigenvalue weighted by molar-refractivity contribution is -0.0126. The molecule has 8 aliphatic rings. The lowest BCUT2D eigenvalue weighted by atomic mass is 9.65. The third-order valence-electron chi connectivity index (χ3n) is 13.9. The fraction of sp³-hybridized carbons (Fsp3) is 1.00. The normalized spacial score (nSPS) is 55.2. The summed E-state index contributed by atoms with van der Waals surface area (Å²) in [5.41, 5.74) is 0. The van der Waals surface area contributed by atoms with Crippen LogP contribution in [0.15, 0.2) is 0 Å². The summed E-state index contributed by atoms with van der Waals surface area (Å²) >= 11 is 0. The molecule has 5 saturated carbocycles. The zero-order valence-electron chi connectivity index (χ0n) is 23.1. The summed E-state index contributed by atoms with van der Waals surface area (Å²) in [5, 5.41) is 8.42. The molecule has 3 nitrogen and oxygen atoms in total. The Morgan fingerprint density at radius 3 is 2.19 bits per heavy atom. The van der Waals surface area contributed by atoms with Crippen LogP contribution in [-0.2, 0) is 0 Å². The molecule has 8 fully saturated rings. The average Bonchev–Trinajstić information content (AvgIpc) is 3.48. The topological polar surface area (TPSA) is 27.3 Å². The van der Waals surface area contributed by atoms with Crippen LogP contribution in [-0.4, -0.2) is 47.7 Å². The Hall–Kier alpha value is -0.120. The fourth-order valence-electron chi connectivity index (χ4n) is 12.5. The first-order valence-corrected chi connectivity index (χ1v) is 17.1. The van der Waals surface area contributed by atoms with E-state index in [1.54, 1.807) is 44.9 Å². The lowest BCUT2D eigenvalue weighted by Crippen LogP contribution is -2.58. The largest absolute Gasteiger partial charge is 0.312 e. The van der Waals surface area contributed by atoms with E-state index in [9.17, 15) is 0 Å². The summed E-state index contributed by atoms with van der Waals surface area (Å²) in [5.74, 6) is 7.07. The van der Waals surface area contributed by atoms with Crippen LogP contribution in [0.4, 0.5) is 0 Å².